The largest absolute Gasteiger partial charge is 0.398 e. The van der Waals surface area contributed by atoms with Gasteiger partial charge in [0.05, 0.1) is 0 Å². The van der Waals surface area contributed by atoms with Crippen molar-refractivity contribution in [3.8, 4) is 0 Å². The molecule has 1 aromatic rings. The van der Waals surface area contributed by atoms with Gasteiger partial charge in [-0.2, -0.15) is 0 Å². The van der Waals surface area contributed by atoms with Gasteiger partial charge in [0.2, 0.25) is 0 Å². The number of hydrogen-bond acceptors (Lipinski definition) is 3. The first-order valence-corrected chi connectivity index (χ1v) is 6.50. The average Bonchev–Trinajstić information content (AvgIpc) is 2.35. The quantitative estimate of drug-likeness (QED) is 0.786. The van der Waals surface area contributed by atoms with Gasteiger partial charge in [0.25, 0.3) is 5.91 Å². The van der Waals surface area contributed by atoms with Crippen LogP contribution in [0, 0.1) is 13.8 Å². The minimum absolute atomic E-state index is 0.0545. The molecule has 0 spiro atoms. The maximum Gasteiger partial charge on any atom is 0.265 e. The fraction of sp³-hybridized carbons (Fsp3) is 0.500. The van der Waals surface area contributed by atoms with Crippen LogP contribution in [0.3, 0.4) is 0 Å². The zero-order chi connectivity index (χ0) is 13.1. The van der Waals surface area contributed by atoms with Crippen LogP contribution < -0.4 is 11.2 Å². The molecule has 0 unspecified atom stereocenters. The lowest BCUT2D eigenvalue weighted by Gasteiger charge is -2.27. The van der Waals surface area contributed by atoms with E-state index in [1.807, 2.05) is 24.9 Å². The molecular weight excluding hydrogens is 226 g/mol. The Kier molecular flexibility index (Phi) is 3.87. The first-order chi connectivity index (χ1) is 8.58. The lowest BCUT2D eigenvalue weighted by molar-refractivity contribution is 0.0749. The van der Waals surface area contributed by atoms with Crippen molar-refractivity contribution in [3.63, 3.8) is 0 Å². The Bertz CT molecular complexity index is 451. The molecule has 98 valence electrons. The fourth-order valence-corrected chi connectivity index (χ4v) is 2.32. The Balaban J connectivity index is 2.10. The van der Waals surface area contributed by atoms with Gasteiger partial charge in [-0.05, 0) is 43.9 Å². The standard InChI is InChI=1S/C14H21N3O/c1-10-8-11(2)13(15)9-12(10)14(18)16-17-6-4-3-5-7-17/h8-9H,3-7,15H2,1-2H3,(H,16,18). The number of rotatable bonds is 2. The van der Waals surface area contributed by atoms with E-state index in [-0.39, 0.29) is 5.91 Å². The molecule has 1 aromatic carbocycles. The maximum atomic E-state index is 12.2. The zero-order valence-electron chi connectivity index (χ0n) is 11.1. The van der Waals surface area contributed by atoms with E-state index in [1.165, 1.54) is 6.42 Å². The third-order valence-electron chi connectivity index (χ3n) is 3.47. The summed E-state index contributed by atoms with van der Waals surface area (Å²) < 4.78 is 0. The van der Waals surface area contributed by atoms with E-state index in [0.29, 0.717) is 11.3 Å². The molecule has 1 aliphatic heterocycles. The molecule has 0 saturated carbocycles. The normalized spacial score (nSPS) is 16.6. The number of nitrogens with zero attached hydrogens (tertiary/aromatic N) is 1. The molecular formula is C14H21N3O. The van der Waals surface area contributed by atoms with Crippen molar-refractivity contribution in [2.45, 2.75) is 33.1 Å². The van der Waals surface area contributed by atoms with Crippen LogP contribution >= 0.6 is 0 Å². The monoisotopic (exact) mass is 247 g/mol. The van der Waals surface area contributed by atoms with Crippen LogP contribution in [-0.4, -0.2) is 24.0 Å². The van der Waals surface area contributed by atoms with Crippen molar-refractivity contribution in [2.75, 3.05) is 18.8 Å². The Labute approximate surface area is 108 Å². The van der Waals surface area contributed by atoms with Gasteiger partial charge in [0.1, 0.15) is 0 Å². The molecule has 1 heterocycles. The minimum Gasteiger partial charge on any atom is -0.398 e. The van der Waals surface area contributed by atoms with E-state index in [4.69, 9.17) is 5.73 Å². The molecule has 4 heteroatoms. The third-order valence-corrected chi connectivity index (χ3v) is 3.47. The molecule has 0 bridgehead atoms. The number of hydrazine groups is 1. The summed E-state index contributed by atoms with van der Waals surface area (Å²) >= 11 is 0. The molecule has 0 aliphatic carbocycles. The summed E-state index contributed by atoms with van der Waals surface area (Å²) in [6, 6.07) is 3.73. The second kappa shape index (κ2) is 5.40. The van der Waals surface area contributed by atoms with Crippen LogP contribution in [0.2, 0.25) is 0 Å². The second-order valence-electron chi connectivity index (χ2n) is 5.01. The van der Waals surface area contributed by atoms with Gasteiger partial charge in [0, 0.05) is 24.3 Å². The van der Waals surface area contributed by atoms with Gasteiger partial charge in [-0.25, -0.2) is 5.01 Å². The van der Waals surface area contributed by atoms with E-state index in [1.54, 1.807) is 6.07 Å². The predicted molar refractivity (Wildman–Crippen MR) is 73.2 cm³/mol. The number of amides is 1. The number of hydrogen-bond donors (Lipinski definition) is 2. The first kappa shape index (κ1) is 12.9. The van der Waals surface area contributed by atoms with Crippen LogP contribution in [0.4, 0.5) is 5.69 Å². The lowest BCUT2D eigenvalue weighted by atomic mass is 10.0. The smallest absolute Gasteiger partial charge is 0.265 e. The highest BCUT2D eigenvalue weighted by Crippen LogP contribution is 2.18. The number of nitrogens with two attached hydrogens (primary N) is 1. The molecule has 1 saturated heterocycles. The summed E-state index contributed by atoms with van der Waals surface area (Å²) in [5.41, 5.74) is 12.2. The summed E-state index contributed by atoms with van der Waals surface area (Å²) in [5.74, 6) is -0.0545. The molecule has 1 amide bonds. The van der Waals surface area contributed by atoms with E-state index in [9.17, 15) is 4.79 Å². The SMILES string of the molecule is Cc1cc(C)c(C(=O)NN2CCCCC2)cc1N. The lowest BCUT2D eigenvalue weighted by Crippen LogP contribution is -2.45. The van der Waals surface area contributed by atoms with Crippen molar-refractivity contribution in [1.82, 2.24) is 10.4 Å². The summed E-state index contributed by atoms with van der Waals surface area (Å²) in [7, 11) is 0. The topological polar surface area (TPSA) is 58.4 Å². The Morgan fingerprint density at radius 3 is 2.50 bits per heavy atom. The molecule has 2 rings (SSSR count). The molecule has 4 nitrogen and oxygen atoms in total. The number of benzene rings is 1. The highest BCUT2D eigenvalue weighted by Gasteiger charge is 2.16. The molecule has 1 fully saturated rings. The Morgan fingerprint density at radius 1 is 1.17 bits per heavy atom. The number of carbonyl (C=O) groups is 1. The van der Waals surface area contributed by atoms with Gasteiger partial charge < -0.3 is 5.73 Å². The van der Waals surface area contributed by atoms with E-state index >= 15 is 0 Å². The van der Waals surface area contributed by atoms with Crippen molar-refractivity contribution in [1.29, 1.82) is 0 Å². The van der Waals surface area contributed by atoms with Gasteiger partial charge in [-0.3, -0.25) is 10.2 Å². The van der Waals surface area contributed by atoms with Crippen LogP contribution in [0.5, 0.6) is 0 Å². The highest BCUT2D eigenvalue weighted by atomic mass is 16.2. The molecule has 18 heavy (non-hydrogen) atoms. The third kappa shape index (κ3) is 2.82. The summed E-state index contributed by atoms with van der Waals surface area (Å²) in [4.78, 5) is 12.2. The number of carbonyl (C=O) groups excluding carboxylic acids is 1. The van der Waals surface area contributed by atoms with E-state index in [0.717, 1.165) is 37.1 Å². The van der Waals surface area contributed by atoms with Gasteiger partial charge in [0.15, 0.2) is 0 Å². The molecule has 3 N–H and O–H groups in total. The van der Waals surface area contributed by atoms with Crippen molar-refractivity contribution in [2.24, 2.45) is 0 Å². The Hall–Kier alpha value is -1.55. The van der Waals surface area contributed by atoms with Crippen molar-refractivity contribution in [3.05, 3.63) is 28.8 Å². The summed E-state index contributed by atoms with van der Waals surface area (Å²) in [6.07, 6.45) is 3.55. The number of nitrogen functional groups attached to an aromatic ring is 1. The van der Waals surface area contributed by atoms with Crippen molar-refractivity contribution < 1.29 is 4.79 Å². The number of nitrogens with one attached hydrogen (secondary N) is 1. The van der Waals surface area contributed by atoms with Gasteiger partial charge >= 0.3 is 0 Å². The fourth-order valence-electron chi connectivity index (χ4n) is 2.32. The minimum atomic E-state index is -0.0545. The van der Waals surface area contributed by atoms with Crippen LogP contribution in [0.15, 0.2) is 12.1 Å². The highest BCUT2D eigenvalue weighted by molar-refractivity contribution is 5.96. The number of aryl methyl sites for hydroxylation is 2. The van der Waals surface area contributed by atoms with E-state index < -0.39 is 0 Å². The Morgan fingerprint density at radius 2 is 1.83 bits per heavy atom. The zero-order valence-corrected chi connectivity index (χ0v) is 11.1. The van der Waals surface area contributed by atoms with Crippen molar-refractivity contribution >= 4 is 11.6 Å². The van der Waals surface area contributed by atoms with Crippen LogP contribution in [-0.2, 0) is 0 Å². The van der Waals surface area contributed by atoms with Crippen LogP contribution in [0.1, 0.15) is 40.7 Å². The second-order valence-corrected chi connectivity index (χ2v) is 5.01. The molecule has 1 aliphatic rings. The van der Waals surface area contributed by atoms with E-state index in [2.05, 4.69) is 5.43 Å². The average molecular weight is 247 g/mol. The molecule has 0 radical (unpaired) electrons. The summed E-state index contributed by atoms with van der Waals surface area (Å²) in [5, 5.41) is 2.00. The van der Waals surface area contributed by atoms with Crippen LogP contribution in [0.25, 0.3) is 0 Å². The molecule has 0 atom stereocenters. The number of piperidine rings is 1. The summed E-state index contributed by atoms with van der Waals surface area (Å²) in [6.45, 7) is 5.77. The molecule has 0 aromatic heterocycles. The number of anilines is 1. The first-order valence-electron chi connectivity index (χ1n) is 6.50. The maximum absolute atomic E-state index is 12.2. The predicted octanol–water partition coefficient (Wildman–Crippen LogP) is 2.02. The van der Waals surface area contributed by atoms with Gasteiger partial charge in [-0.15, -0.1) is 0 Å². The van der Waals surface area contributed by atoms with Gasteiger partial charge in [-0.1, -0.05) is 12.5 Å².